The fourth-order valence-electron chi connectivity index (χ4n) is 4.18. The van der Waals surface area contributed by atoms with Crippen LogP contribution in [-0.4, -0.2) is 96.3 Å². The molecule has 0 radical (unpaired) electrons. The summed E-state index contributed by atoms with van der Waals surface area (Å²) >= 11 is 0. The molecule has 0 aliphatic carbocycles. The molecule has 0 saturated carbocycles. The maximum absolute atomic E-state index is 13.1. The van der Waals surface area contributed by atoms with Crippen LogP contribution < -0.4 is 44.2 Å². The van der Waals surface area contributed by atoms with Crippen molar-refractivity contribution >= 4 is 29.6 Å². The van der Waals surface area contributed by atoms with E-state index in [0.29, 0.717) is 64.6 Å². The van der Waals surface area contributed by atoms with Crippen LogP contribution >= 0.6 is 0 Å². The molecule has 0 aliphatic rings. The molecule has 0 aromatic carbocycles. The van der Waals surface area contributed by atoms with Gasteiger partial charge in [-0.05, 0) is 89.8 Å². The van der Waals surface area contributed by atoms with Gasteiger partial charge in [0.1, 0.15) is 24.2 Å². The fraction of sp³-hybridized carbons (Fsp3) is 0.815. The van der Waals surface area contributed by atoms with Gasteiger partial charge in [-0.1, -0.05) is 13.8 Å². The lowest BCUT2D eigenvalue weighted by Crippen LogP contribution is -2.59. The Bertz CT molecular complexity index is 830. The number of amides is 4. The van der Waals surface area contributed by atoms with Crippen molar-refractivity contribution in [2.75, 3.05) is 26.2 Å². The molecule has 14 N–H and O–H groups in total. The first kappa shape index (κ1) is 39.1. The number of rotatable bonds is 24. The van der Waals surface area contributed by atoms with Crippen molar-refractivity contribution in [3.05, 3.63) is 0 Å². The first-order valence-electron chi connectivity index (χ1n) is 14.8. The summed E-state index contributed by atoms with van der Waals surface area (Å²) in [4.78, 5) is 63.5. The maximum Gasteiger partial charge on any atom is 0.326 e. The number of nitrogens with two attached hydrogens (primary N) is 4. The predicted molar refractivity (Wildman–Crippen MR) is 159 cm³/mol. The second-order valence-electron chi connectivity index (χ2n) is 10.9. The number of aliphatic hydroxyl groups is 1. The van der Waals surface area contributed by atoms with Crippen molar-refractivity contribution in [3.63, 3.8) is 0 Å². The molecule has 15 heteroatoms. The molecular formula is C27H54N8O7. The Morgan fingerprint density at radius 2 is 0.952 bits per heavy atom. The molecule has 0 saturated heterocycles. The molecule has 0 spiro atoms. The van der Waals surface area contributed by atoms with Crippen LogP contribution in [0.4, 0.5) is 0 Å². The van der Waals surface area contributed by atoms with E-state index in [1.54, 1.807) is 0 Å². The normalized spacial score (nSPS) is 14.8. The highest BCUT2D eigenvalue weighted by Crippen LogP contribution is 2.08. The van der Waals surface area contributed by atoms with E-state index < -0.39 is 66.4 Å². The Morgan fingerprint density at radius 1 is 0.595 bits per heavy atom. The van der Waals surface area contributed by atoms with Crippen LogP contribution in [0.3, 0.4) is 0 Å². The van der Waals surface area contributed by atoms with Crippen LogP contribution in [-0.2, 0) is 24.0 Å². The molecule has 0 aromatic rings. The molecule has 0 bridgehead atoms. The molecule has 0 unspecified atom stereocenters. The van der Waals surface area contributed by atoms with Crippen molar-refractivity contribution < 1.29 is 34.2 Å². The number of aliphatic hydroxyl groups excluding tert-OH is 1. The molecule has 5 atom stereocenters. The maximum atomic E-state index is 13.1. The van der Waals surface area contributed by atoms with Crippen molar-refractivity contribution in [2.45, 2.75) is 108 Å². The third-order valence-corrected chi connectivity index (χ3v) is 6.60. The van der Waals surface area contributed by atoms with Crippen LogP contribution in [0, 0.1) is 5.92 Å². The van der Waals surface area contributed by atoms with Crippen molar-refractivity contribution in [3.8, 4) is 0 Å². The molecular weight excluding hydrogens is 548 g/mol. The van der Waals surface area contributed by atoms with Crippen LogP contribution in [0.5, 0.6) is 0 Å². The van der Waals surface area contributed by atoms with Crippen LogP contribution in [0.15, 0.2) is 0 Å². The highest BCUT2D eigenvalue weighted by atomic mass is 16.4. The van der Waals surface area contributed by atoms with Gasteiger partial charge < -0.3 is 54.4 Å². The SMILES string of the molecule is CC(C)C[C@H](N)C(=O)N[C@@H](CCCCN)C(=O)N[C@@H](CO)C(=O)N[C@@H](CCCCN)C(=O)N[C@@H](CCCCN)C(=O)O. The lowest BCUT2D eigenvalue weighted by atomic mass is 10.0. The number of carboxylic acids is 1. The zero-order valence-electron chi connectivity index (χ0n) is 25.1. The summed E-state index contributed by atoms with van der Waals surface area (Å²) in [6.45, 7) is 4.16. The molecule has 0 aromatic heterocycles. The summed E-state index contributed by atoms with van der Waals surface area (Å²) in [5.74, 6) is -3.85. The second-order valence-corrected chi connectivity index (χ2v) is 10.9. The first-order chi connectivity index (χ1) is 19.9. The van der Waals surface area contributed by atoms with Gasteiger partial charge in [0.15, 0.2) is 0 Å². The third-order valence-electron chi connectivity index (χ3n) is 6.60. The summed E-state index contributed by atoms with van der Waals surface area (Å²) < 4.78 is 0. The second kappa shape index (κ2) is 22.7. The Kier molecular flexibility index (Phi) is 21.2. The van der Waals surface area contributed by atoms with Crippen LogP contribution in [0.2, 0.25) is 0 Å². The summed E-state index contributed by atoms with van der Waals surface area (Å²) in [7, 11) is 0. The van der Waals surface area contributed by atoms with Crippen molar-refractivity contribution in [1.82, 2.24) is 21.3 Å². The Labute approximate surface area is 248 Å². The summed E-state index contributed by atoms with van der Waals surface area (Å²) in [5, 5.41) is 29.5. The minimum Gasteiger partial charge on any atom is -0.480 e. The number of carbonyl (C=O) groups is 5. The zero-order chi connectivity index (χ0) is 32.1. The van der Waals surface area contributed by atoms with E-state index in [0.717, 1.165) is 0 Å². The minimum atomic E-state index is -1.44. The quantitative estimate of drug-likeness (QED) is 0.0527. The van der Waals surface area contributed by atoms with E-state index in [2.05, 4.69) is 21.3 Å². The lowest BCUT2D eigenvalue weighted by molar-refractivity contribution is -0.142. The van der Waals surface area contributed by atoms with E-state index in [9.17, 15) is 34.2 Å². The van der Waals surface area contributed by atoms with E-state index in [1.165, 1.54) is 0 Å². The van der Waals surface area contributed by atoms with Gasteiger partial charge in [-0.3, -0.25) is 19.2 Å². The molecule has 0 heterocycles. The smallest absolute Gasteiger partial charge is 0.326 e. The highest BCUT2D eigenvalue weighted by Gasteiger charge is 2.31. The molecule has 15 nitrogen and oxygen atoms in total. The summed E-state index contributed by atoms with van der Waals surface area (Å²) in [6, 6.07) is -5.62. The van der Waals surface area contributed by atoms with Gasteiger partial charge in [0.25, 0.3) is 0 Å². The monoisotopic (exact) mass is 602 g/mol. The van der Waals surface area contributed by atoms with Gasteiger partial charge in [0, 0.05) is 0 Å². The van der Waals surface area contributed by atoms with Gasteiger partial charge >= 0.3 is 5.97 Å². The predicted octanol–water partition coefficient (Wildman–Crippen LogP) is -2.24. The molecule has 0 fully saturated rings. The van der Waals surface area contributed by atoms with Crippen molar-refractivity contribution in [1.29, 1.82) is 0 Å². The number of carbonyl (C=O) groups excluding carboxylic acids is 4. The van der Waals surface area contributed by atoms with Gasteiger partial charge in [-0.25, -0.2) is 4.79 Å². The first-order valence-corrected chi connectivity index (χ1v) is 14.8. The van der Waals surface area contributed by atoms with E-state index >= 15 is 0 Å². The van der Waals surface area contributed by atoms with E-state index in [4.69, 9.17) is 22.9 Å². The molecule has 42 heavy (non-hydrogen) atoms. The molecule has 0 aliphatic heterocycles. The fourth-order valence-corrected chi connectivity index (χ4v) is 4.18. The highest BCUT2D eigenvalue weighted by molar-refractivity contribution is 5.95. The Morgan fingerprint density at radius 3 is 1.33 bits per heavy atom. The van der Waals surface area contributed by atoms with Gasteiger partial charge in [-0.2, -0.15) is 0 Å². The topological polar surface area (TPSA) is 278 Å². The van der Waals surface area contributed by atoms with Crippen LogP contribution in [0.25, 0.3) is 0 Å². The largest absolute Gasteiger partial charge is 0.480 e. The molecule has 244 valence electrons. The molecule has 0 rings (SSSR count). The standard InChI is InChI=1S/C27H54N8O7/c1-17(2)15-18(31)23(37)32-19(9-3-6-12-28)25(39)35-22(16-36)26(40)33-20(10-4-7-13-29)24(38)34-21(27(41)42)11-5-8-14-30/h17-22,36H,3-16,28-31H2,1-2H3,(H,32,37)(H,33,40)(H,34,38)(H,35,39)(H,41,42)/t18-,19-,20-,21-,22-/m0/s1. The van der Waals surface area contributed by atoms with Crippen LogP contribution in [0.1, 0.15) is 78.1 Å². The minimum absolute atomic E-state index is 0.154. The Hall–Kier alpha value is -2.85. The number of hydrogen-bond donors (Lipinski definition) is 10. The average molecular weight is 603 g/mol. The number of carboxylic acid groups (broad SMARTS) is 1. The average Bonchev–Trinajstić information content (AvgIpc) is 2.93. The van der Waals surface area contributed by atoms with E-state index in [-0.39, 0.29) is 25.2 Å². The summed E-state index contributed by atoms with van der Waals surface area (Å²) in [6.07, 6.45) is 4.17. The number of nitrogens with one attached hydrogen (secondary N) is 4. The van der Waals surface area contributed by atoms with E-state index in [1.807, 2.05) is 13.8 Å². The van der Waals surface area contributed by atoms with Gasteiger partial charge in [0.05, 0.1) is 12.6 Å². The number of unbranched alkanes of at least 4 members (excludes halogenated alkanes) is 3. The zero-order valence-corrected chi connectivity index (χ0v) is 25.1. The third kappa shape index (κ3) is 16.6. The lowest BCUT2D eigenvalue weighted by Gasteiger charge is -2.26. The Balaban J connectivity index is 5.59. The van der Waals surface area contributed by atoms with Gasteiger partial charge in [-0.15, -0.1) is 0 Å². The molecule has 4 amide bonds. The summed E-state index contributed by atoms with van der Waals surface area (Å²) in [5.41, 5.74) is 22.5. The number of hydrogen-bond acceptors (Lipinski definition) is 10. The van der Waals surface area contributed by atoms with Crippen molar-refractivity contribution in [2.24, 2.45) is 28.9 Å². The number of aliphatic carboxylic acids is 1. The van der Waals surface area contributed by atoms with Gasteiger partial charge in [0.2, 0.25) is 23.6 Å².